The molecule has 0 unspecified atom stereocenters. The van der Waals surface area contributed by atoms with E-state index in [9.17, 15) is 9.18 Å². The van der Waals surface area contributed by atoms with Crippen molar-refractivity contribution in [3.8, 4) is 0 Å². The number of aromatic nitrogens is 1. The van der Waals surface area contributed by atoms with Gasteiger partial charge in [0, 0.05) is 11.9 Å². The van der Waals surface area contributed by atoms with Gasteiger partial charge < -0.3 is 16.0 Å². The lowest BCUT2D eigenvalue weighted by Crippen LogP contribution is -2.30. The number of pyridine rings is 1. The number of nitrogen functional groups attached to an aromatic ring is 1. The van der Waals surface area contributed by atoms with E-state index in [0.29, 0.717) is 11.3 Å². The molecule has 0 spiro atoms. The van der Waals surface area contributed by atoms with E-state index in [-0.39, 0.29) is 22.6 Å². The van der Waals surface area contributed by atoms with Crippen LogP contribution in [0.2, 0.25) is 5.02 Å². The fraction of sp³-hybridized carbons (Fsp3) is 0.0769. The number of primary amides is 1. The van der Waals surface area contributed by atoms with Crippen molar-refractivity contribution in [2.45, 2.75) is 6.54 Å². The molecule has 1 heterocycles. The van der Waals surface area contributed by atoms with Crippen LogP contribution in [0.1, 0.15) is 15.9 Å². The fourth-order valence-corrected chi connectivity index (χ4v) is 2.05. The molecule has 0 atom stereocenters. The van der Waals surface area contributed by atoms with Crippen molar-refractivity contribution >= 4 is 23.2 Å². The Kier molecular flexibility index (Phi) is 3.76. The molecule has 104 valence electrons. The highest BCUT2D eigenvalue weighted by Gasteiger charge is 2.10. The highest BCUT2D eigenvalue weighted by atomic mass is 35.5. The predicted molar refractivity (Wildman–Crippen MR) is 73.7 cm³/mol. The first-order chi connectivity index (χ1) is 9.38. The van der Waals surface area contributed by atoms with Gasteiger partial charge in [0.1, 0.15) is 11.3 Å². The molecule has 0 aliphatic rings. The molecule has 0 fully saturated rings. The fourth-order valence-electron chi connectivity index (χ4n) is 1.82. The second-order valence-electron chi connectivity index (χ2n) is 4.26. The van der Waals surface area contributed by atoms with Crippen molar-refractivity contribution in [2.24, 2.45) is 5.73 Å². The number of hydrogen-bond donors (Lipinski definition) is 3. The van der Waals surface area contributed by atoms with Gasteiger partial charge in [0.2, 0.25) is 0 Å². The van der Waals surface area contributed by atoms with Crippen LogP contribution in [0.25, 0.3) is 0 Å². The minimum Gasteiger partial charge on any atom is -0.398 e. The number of carbonyl (C=O) groups is 1. The van der Waals surface area contributed by atoms with Crippen molar-refractivity contribution in [1.29, 1.82) is 5.41 Å². The highest BCUT2D eigenvalue weighted by Crippen LogP contribution is 2.15. The minimum atomic E-state index is -0.751. The summed E-state index contributed by atoms with van der Waals surface area (Å²) in [6.45, 7) is 0.114. The van der Waals surface area contributed by atoms with Crippen LogP contribution in [0.5, 0.6) is 0 Å². The molecule has 1 aromatic carbocycles. The lowest BCUT2D eigenvalue weighted by Gasteiger charge is -2.12. The van der Waals surface area contributed by atoms with Gasteiger partial charge in [-0.3, -0.25) is 10.2 Å². The Balaban J connectivity index is 2.51. The third kappa shape index (κ3) is 2.80. The number of rotatable bonds is 3. The number of halogens is 2. The molecule has 1 aromatic heterocycles. The van der Waals surface area contributed by atoms with Crippen molar-refractivity contribution in [3.05, 3.63) is 57.9 Å². The number of hydrogen-bond acceptors (Lipinski definition) is 3. The van der Waals surface area contributed by atoms with Gasteiger partial charge in [-0.2, -0.15) is 0 Å². The molecule has 7 heteroatoms. The molecule has 0 aliphatic carbocycles. The molecular weight excluding hydrogens is 283 g/mol. The van der Waals surface area contributed by atoms with Crippen LogP contribution in [0.15, 0.2) is 30.5 Å². The van der Waals surface area contributed by atoms with Crippen LogP contribution in [0, 0.1) is 11.2 Å². The molecule has 0 saturated carbocycles. The van der Waals surface area contributed by atoms with Crippen LogP contribution in [0.3, 0.4) is 0 Å². The number of nitrogens with two attached hydrogens (primary N) is 2. The maximum atomic E-state index is 13.2. The summed E-state index contributed by atoms with van der Waals surface area (Å²) >= 11 is 5.89. The van der Waals surface area contributed by atoms with Crippen LogP contribution in [-0.4, -0.2) is 10.5 Å². The zero-order valence-corrected chi connectivity index (χ0v) is 11.1. The van der Waals surface area contributed by atoms with Gasteiger partial charge in [0.05, 0.1) is 17.1 Å². The van der Waals surface area contributed by atoms with E-state index in [2.05, 4.69) is 0 Å². The Labute approximate surface area is 119 Å². The van der Waals surface area contributed by atoms with Crippen LogP contribution >= 0.6 is 11.6 Å². The summed E-state index contributed by atoms with van der Waals surface area (Å²) < 4.78 is 14.6. The van der Waals surface area contributed by atoms with Gasteiger partial charge in [0.15, 0.2) is 0 Å². The molecule has 5 N–H and O–H groups in total. The number of carbonyl (C=O) groups excluding carboxylic acids is 1. The van der Waals surface area contributed by atoms with Crippen LogP contribution in [0.4, 0.5) is 10.1 Å². The van der Waals surface area contributed by atoms with Crippen molar-refractivity contribution in [1.82, 2.24) is 4.57 Å². The molecule has 20 heavy (non-hydrogen) atoms. The third-order valence-electron chi connectivity index (χ3n) is 2.81. The normalized spacial score (nSPS) is 10.5. The lowest BCUT2D eigenvalue weighted by molar-refractivity contribution is 0.0998. The Hall–Kier alpha value is -2.34. The summed E-state index contributed by atoms with van der Waals surface area (Å²) in [6, 6.07) is 5.27. The first kappa shape index (κ1) is 14.1. The van der Waals surface area contributed by atoms with Crippen LogP contribution in [-0.2, 0) is 6.54 Å². The maximum Gasteiger partial charge on any atom is 0.252 e. The lowest BCUT2D eigenvalue weighted by atomic mass is 10.1. The van der Waals surface area contributed by atoms with E-state index in [4.69, 9.17) is 28.5 Å². The quantitative estimate of drug-likeness (QED) is 0.747. The van der Waals surface area contributed by atoms with E-state index in [1.54, 1.807) is 0 Å². The van der Waals surface area contributed by atoms with Gasteiger partial charge in [0.25, 0.3) is 5.91 Å². The second-order valence-corrected chi connectivity index (χ2v) is 4.69. The smallest absolute Gasteiger partial charge is 0.252 e. The van der Waals surface area contributed by atoms with E-state index in [1.165, 1.54) is 35.0 Å². The Morgan fingerprint density at radius 3 is 2.75 bits per heavy atom. The summed E-state index contributed by atoms with van der Waals surface area (Å²) in [5.41, 5.74) is 11.7. The van der Waals surface area contributed by atoms with E-state index < -0.39 is 11.7 Å². The average molecular weight is 295 g/mol. The van der Waals surface area contributed by atoms with Gasteiger partial charge in [-0.1, -0.05) is 11.6 Å². The number of anilines is 1. The summed E-state index contributed by atoms with van der Waals surface area (Å²) in [6.07, 6.45) is 1.46. The number of nitrogens with zero attached hydrogens (tertiary/aromatic N) is 1. The van der Waals surface area contributed by atoms with E-state index in [0.717, 1.165) is 0 Å². The van der Waals surface area contributed by atoms with E-state index in [1.807, 2.05) is 0 Å². The maximum absolute atomic E-state index is 13.2. The monoisotopic (exact) mass is 294 g/mol. The molecule has 2 aromatic rings. The van der Waals surface area contributed by atoms with Gasteiger partial charge in [-0.05, 0) is 29.8 Å². The Morgan fingerprint density at radius 2 is 2.10 bits per heavy atom. The molecule has 0 saturated heterocycles. The number of benzene rings is 1. The summed E-state index contributed by atoms with van der Waals surface area (Å²) in [7, 11) is 0. The topological polar surface area (TPSA) is 97.9 Å². The Morgan fingerprint density at radius 1 is 1.40 bits per heavy atom. The van der Waals surface area contributed by atoms with Gasteiger partial charge in [-0.15, -0.1) is 0 Å². The molecular formula is C13H12ClFN4O. The average Bonchev–Trinajstić information content (AvgIpc) is 2.37. The van der Waals surface area contributed by atoms with Crippen LogP contribution < -0.4 is 17.0 Å². The summed E-state index contributed by atoms with van der Waals surface area (Å²) in [5, 5.41) is 8.17. The summed E-state index contributed by atoms with van der Waals surface area (Å²) in [4.78, 5) is 11.2. The number of nitrogens with one attached hydrogen (secondary N) is 1. The molecule has 1 amide bonds. The largest absolute Gasteiger partial charge is 0.398 e. The molecule has 2 rings (SSSR count). The van der Waals surface area contributed by atoms with Crippen molar-refractivity contribution in [2.75, 3.05) is 5.73 Å². The molecule has 0 radical (unpaired) electrons. The SMILES string of the molecule is N=c1c(C(N)=O)cc(Cl)cn1Cc1cc(F)ccc1N. The molecule has 0 aliphatic heterocycles. The van der Waals surface area contributed by atoms with Crippen molar-refractivity contribution < 1.29 is 9.18 Å². The Bertz CT molecular complexity index is 742. The third-order valence-corrected chi connectivity index (χ3v) is 3.02. The molecule has 0 bridgehead atoms. The first-order valence-corrected chi connectivity index (χ1v) is 6.04. The first-order valence-electron chi connectivity index (χ1n) is 5.67. The second kappa shape index (κ2) is 5.34. The highest BCUT2D eigenvalue weighted by molar-refractivity contribution is 6.30. The number of amides is 1. The summed E-state index contributed by atoms with van der Waals surface area (Å²) in [5.74, 6) is -1.18. The zero-order chi connectivity index (χ0) is 14.9. The van der Waals surface area contributed by atoms with Gasteiger partial charge in [-0.25, -0.2) is 4.39 Å². The van der Waals surface area contributed by atoms with Crippen molar-refractivity contribution in [3.63, 3.8) is 0 Å². The standard InChI is InChI=1S/C13H12ClFN4O/c14-8-4-10(13(18)20)12(17)19(6-8)5-7-3-9(15)1-2-11(7)16/h1-4,6,17H,5,16H2,(H2,18,20). The zero-order valence-electron chi connectivity index (χ0n) is 10.4. The predicted octanol–water partition coefficient (Wildman–Crippen LogP) is 1.49. The van der Waals surface area contributed by atoms with E-state index >= 15 is 0 Å². The van der Waals surface area contributed by atoms with Gasteiger partial charge >= 0.3 is 0 Å². The molecule has 5 nitrogen and oxygen atoms in total. The minimum absolute atomic E-state index is 0.00697.